The maximum absolute atomic E-state index is 11.9. The third kappa shape index (κ3) is 4.76. The van der Waals surface area contributed by atoms with Gasteiger partial charge in [-0.15, -0.1) is 0 Å². The van der Waals surface area contributed by atoms with Gasteiger partial charge in [-0.25, -0.2) is 4.79 Å². The molecule has 0 aromatic rings. The van der Waals surface area contributed by atoms with Crippen LogP contribution in [0.25, 0.3) is 0 Å². The van der Waals surface area contributed by atoms with E-state index in [1.807, 2.05) is 6.92 Å². The van der Waals surface area contributed by atoms with Crippen molar-refractivity contribution >= 4 is 17.9 Å². The molecule has 7 heteroatoms. The molecular formula is C12H21N3O4. The maximum Gasteiger partial charge on any atom is 0.317 e. The molecule has 19 heavy (non-hydrogen) atoms. The minimum atomic E-state index is -0.865. The second-order valence-electron chi connectivity index (χ2n) is 4.80. The number of nitrogens with zero attached hydrogens (tertiary/aromatic N) is 2. The Morgan fingerprint density at radius 1 is 1.42 bits per heavy atom. The first kappa shape index (κ1) is 15.3. The third-order valence-corrected chi connectivity index (χ3v) is 3.33. The molecule has 0 radical (unpaired) electrons. The molecule has 1 aliphatic heterocycles. The lowest BCUT2D eigenvalue weighted by atomic mass is 10.0. The molecule has 3 amide bonds. The molecule has 7 nitrogen and oxygen atoms in total. The van der Waals surface area contributed by atoms with Gasteiger partial charge in [0.15, 0.2) is 0 Å². The van der Waals surface area contributed by atoms with Crippen LogP contribution >= 0.6 is 0 Å². The van der Waals surface area contributed by atoms with Crippen molar-refractivity contribution in [1.29, 1.82) is 0 Å². The molecule has 0 saturated carbocycles. The van der Waals surface area contributed by atoms with Crippen molar-refractivity contribution in [3.8, 4) is 0 Å². The van der Waals surface area contributed by atoms with E-state index in [0.29, 0.717) is 26.1 Å². The van der Waals surface area contributed by atoms with Crippen LogP contribution in [0.3, 0.4) is 0 Å². The smallest absolute Gasteiger partial charge is 0.317 e. The quantitative estimate of drug-likeness (QED) is 0.735. The van der Waals surface area contributed by atoms with Crippen molar-refractivity contribution in [2.75, 3.05) is 33.2 Å². The first-order chi connectivity index (χ1) is 8.93. The first-order valence-electron chi connectivity index (χ1n) is 6.42. The summed E-state index contributed by atoms with van der Waals surface area (Å²) in [7, 11) is 1.71. The Hall–Kier alpha value is -1.79. The van der Waals surface area contributed by atoms with Gasteiger partial charge in [0, 0.05) is 33.1 Å². The SMILES string of the molecule is CCC(CNC(=O)N1CCN(C)C(=O)C1)CC(=O)O. The van der Waals surface area contributed by atoms with E-state index in [0.717, 1.165) is 0 Å². The van der Waals surface area contributed by atoms with Gasteiger partial charge in [-0.1, -0.05) is 13.3 Å². The number of carboxylic acids is 1. The van der Waals surface area contributed by atoms with E-state index in [1.54, 1.807) is 11.9 Å². The number of carboxylic acid groups (broad SMARTS) is 1. The molecule has 0 aliphatic carbocycles. The molecule has 0 bridgehead atoms. The molecule has 1 saturated heterocycles. The van der Waals surface area contributed by atoms with Gasteiger partial charge >= 0.3 is 12.0 Å². The number of nitrogens with one attached hydrogen (secondary N) is 1. The molecule has 108 valence electrons. The van der Waals surface area contributed by atoms with Crippen molar-refractivity contribution in [2.24, 2.45) is 5.92 Å². The zero-order chi connectivity index (χ0) is 14.4. The van der Waals surface area contributed by atoms with Crippen LogP contribution in [0, 0.1) is 5.92 Å². The zero-order valence-electron chi connectivity index (χ0n) is 11.4. The fraction of sp³-hybridized carbons (Fsp3) is 0.750. The highest BCUT2D eigenvalue weighted by molar-refractivity contribution is 5.85. The van der Waals surface area contributed by atoms with Gasteiger partial charge in [0.1, 0.15) is 6.54 Å². The van der Waals surface area contributed by atoms with Gasteiger partial charge in [-0.05, 0) is 5.92 Å². The summed E-state index contributed by atoms with van der Waals surface area (Å²) in [6.45, 7) is 3.32. The van der Waals surface area contributed by atoms with Crippen LogP contribution in [0.1, 0.15) is 19.8 Å². The van der Waals surface area contributed by atoms with Crippen LogP contribution < -0.4 is 5.32 Å². The van der Waals surface area contributed by atoms with Crippen molar-refractivity contribution in [3.63, 3.8) is 0 Å². The van der Waals surface area contributed by atoms with Crippen LogP contribution in [0.4, 0.5) is 4.79 Å². The maximum atomic E-state index is 11.9. The lowest BCUT2D eigenvalue weighted by Crippen LogP contribution is -2.53. The van der Waals surface area contributed by atoms with Gasteiger partial charge in [0.25, 0.3) is 0 Å². The number of amides is 3. The summed E-state index contributed by atoms with van der Waals surface area (Å²) in [5.74, 6) is -1.03. The second-order valence-corrected chi connectivity index (χ2v) is 4.80. The summed E-state index contributed by atoms with van der Waals surface area (Å²) in [4.78, 5) is 37.0. The lowest BCUT2D eigenvalue weighted by molar-refractivity contribution is -0.138. The van der Waals surface area contributed by atoms with Crippen LogP contribution in [0.2, 0.25) is 0 Å². The number of rotatable bonds is 5. The largest absolute Gasteiger partial charge is 0.481 e. The molecule has 1 rings (SSSR count). The van der Waals surface area contributed by atoms with Crippen LogP contribution in [0.15, 0.2) is 0 Å². The Bertz CT molecular complexity index is 359. The molecular weight excluding hydrogens is 250 g/mol. The Morgan fingerprint density at radius 3 is 2.63 bits per heavy atom. The van der Waals surface area contributed by atoms with E-state index in [4.69, 9.17) is 5.11 Å². The van der Waals surface area contributed by atoms with Crippen molar-refractivity contribution in [2.45, 2.75) is 19.8 Å². The minimum Gasteiger partial charge on any atom is -0.481 e. The van der Waals surface area contributed by atoms with Gasteiger partial charge in [0.05, 0.1) is 0 Å². The number of piperazine rings is 1. The first-order valence-corrected chi connectivity index (χ1v) is 6.42. The molecule has 1 atom stereocenters. The monoisotopic (exact) mass is 271 g/mol. The Labute approximate surface area is 112 Å². The van der Waals surface area contributed by atoms with Crippen LogP contribution in [-0.4, -0.2) is 66.0 Å². The van der Waals surface area contributed by atoms with Gasteiger partial charge < -0.3 is 20.2 Å². The van der Waals surface area contributed by atoms with Gasteiger partial charge in [0.2, 0.25) is 5.91 Å². The minimum absolute atomic E-state index is 0.0401. The van der Waals surface area contributed by atoms with E-state index in [9.17, 15) is 14.4 Å². The molecule has 0 aromatic carbocycles. The summed E-state index contributed by atoms with van der Waals surface area (Å²) in [6, 6.07) is -0.301. The predicted octanol–water partition coefficient (Wildman–Crippen LogP) is -0.0291. The molecule has 2 N–H and O–H groups in total. The van der Waals surface area contributed by atoms with E-state index in [2.05, 4.69) is 5.32 Å². The average molecular weight is 271 g/mol. The van der Waals surface area contributed by atoms with Crippen molar-refractivity contribution < 1.29 is 19.5 Å². The zero-order valence-corrected chi connectivity index (χ0v) is 11.4. The van der Waals surface area contributed by atoms with Crippen molar-refractivity contribution in [3.05, 3.63) is 0 Å². The number of carbonyl (C=O) groups is 3. The highest BCUT2D eigenvalue weighted by Gasteiger charge is 2.25. The molecule has 1 unspecified atom stereocenters. The van der Waals surface area contributed by atoms with E-state index in [1.165, 1.54) is 4.90 Å². The fourth-order valence-electron chi connectivity index (χ4n) is 1.88. The average Bonchev–Trinajstić information content (AvgIpc) is 2.36. The third-order valence-electron chi connectivity index (χ3n) is 3.33. The molecule has 0 aromatic heterocycles. The van der Waals surface area contributed by atoms with E-state index >= 15 is 0 Å². The highest BCUT2D eigenvalue weighted by atomic mass is 16.4. The number of urea groups is 1. The Kier molecular flexibility index (Phi) is 5.59. The second kappa shape index (κ2) is 6.96. The normalized spacial score (nSPS) is 17.3. The number of hydrogen-bond donors (Lipinski definition) is 2. The number of hydrogen-bond acceptors (Lipinski definition) is 3. The van der Waals surface area contributed by atoms with Gasteiger partial charge in [-0.3, -0.25) is 9.59 Å². The van der Waals surface area contributed by atoms with Crippen LogP contribution in [-0.2, 0) is 9.59 Å². The summed E-state index contributed by atoms with van der Waals surface area (Å²) in [6.07, 6.45) is 0.729. The summed E-state index contributed by atoms with van der Waals surface area (Å²) < 4.78 is 0. The standard InChI is InChI=1S/C12H21N3O4/c1-3-9(6-11(17)18)7-13-12(19)15-5-4-14(2)10(16)8-15/h9H,3-8H2,1-2H3,(H,13,19)(H,17,18). The number of carbonyl (C=O) groups excluding carboxylic acids is 2. The highest BCUT2D eigenvalue weighted by Crippen LogP contribution is 2.07. The van der Waals surface area contributed by atoms with E-state index in [-0.39, 0.29) is 30.8 Å². The van der Waals surface area contributed by atoms with Crippen molar-refractivity contribution in [1.82, 2.24) is 15.1 Å². The summed E-state index contributed by atoms with van der Waals surface area (Å²) in [5, 5.41) is 11.4. The molecule has 1 heterocycles. The topological polar surface area (TPSA) is 90.0 Å². The predicted molar refractivity (Wildman–Crippen MR) is 68.6 cm³/mol. The summed E-state index contributed by atoms with van der Waals surface area (Å²) >= 11 is 0. The molecule has 0 spiro atoms. The van der Waals surface area contributed by atoms with Gasteiger partial charge in [-0.2, -0.15) is 0 Å². The lowest BCUT2D eigenvalue weighted by Gasteiger charge is -2.32. The number of aliphatic carboxylic acids is 1. The molecule has 1 aliphatic rings. The fourth-order valence-corrected chi connectivity index (χ4v) is 1.88. The summed E-state index contributed by atoms with van der Waals surface area (Å²) in [5.41, 5.74) is 0. The van der Waals surface area contributed by atoms with E-state index < -0.39 is 5.97 Å². The Morgan fingerprint density at radius 2 is 2.11 bits per heavy atom. The molecule has 1 fully saturated rings. The Balaban J connectivity index is 2.38. The number of likely N-dealkylation sites (N-methyl/N-ethyl adjacent to an activating group) is 1. The van der Waals surface area contributed by atoms with Crippen LogP contribution in [0.5, 0.6) is 0 Å².